The predicted octanol–water partition coefficient (Wildman–Crippen LogP) is 2.16. The molecule has 3 nitrogen and oxygen atoms in total. The summed E-state index contributed by atoms with van der Waals surface area (Å²) in [7, 11) is 0. The highest BCUT2D eigenvalue weighted by atomic mass is 79.9. The first-order valence-electron chi connectivity index (χ1n) is 6.27. The Kier molecular flexibility index (Phi) is 5.29. The molecule has 1 saturated heterocycles. The van der Waals surface area contributed by atoms with Crippen LogP contribution in [0.3, 0.4) is 0 Å². The molecule has 0 aliphatic carbocycles. The molecule has 0 radical (unpaired) electrons. The lowest BCUT2D eigenvalue weighted by molar-refractivity contribution is 0.240. The molecule has 1 fully saturated rings. The van der Waals surface area contributed by atoms with Crippen molar-refractivity contribution in [2.75, 3.05) is 44.6 Å². The molecule has 1 aliphatic rings. The predicted molar refractivity (Wildman–Crippen MR) is 76.6 cm³/mol. The minimum Gasteiger partial charge on any atom is -0.385 e. The van der Waals surface area contributed by atoms with Gasteiger partial charge in [0.25, 0.3) is 0 Å². The normalized spacial score (nSPS) is 17.0. The van der Waals surface area contributed by atoms with Crippen LogP contribution < -0.4 is 10.6 Å². The van der Waals surface area contributed by atoms with Crippen LogP contribution in [-0.4, -0.2) is 44.2 Å². The second kappa shape index (κ2) is 6.99. The van der Waals surface area contributed by atoms with Crippen molar-refractivity contribution in [2.24, 2.45) is 0 Å². The molecule has 2 rings (SSSR count). The van der Waals surface area contributed by atoms with Crippen LogP contribution in [0, 0.1) is 0 Å². The smallest absolute Gasteiger partial charge is 0.0351 e. The van der Waals surface area contributed by atoms with Crippen LogP contribution in [0.15, 0.2) is 28.7 Å². The number of hydrogen-bond acceptors (Lipinski definition) is 3. The van der Waals surface area contributed by atoms with E-state index < -0.39 is 0 Å². The first-order valence-corrected chi connectivity index (χ1v) is 7.06. The van der Waals surface area contributed by atoms with Crippen LogP contribution in [0.5, 0.6) is 0 Å². The second-order valence-corrected chi connectivity index (χ2v) is 5.30. The number of nitrogens with zero attached hydrogens (tertiary/aromatic N) is 1. The van der Waals surface area contributed by atoms with Crippen molar-refractivity contribution in [3.8, 4) is 0 Å². The van der Waals surface area contributed by atoms with Crippen molar-refractivity contribution in [3.05, 3.63) is 28.7 Å². The molecule has 0 bridgehead atoms. The number of nitrogens with one attached hydrogen (secondary N) is 2. The zero-order valence-electron chi connectivity index (χ0n) is 10.1. The summed E-state index contributed by atoms with van der Waals surface area (Å²) in [5.41, 5.74) is 1.19. The molecule has 0 amide bonds. The molecule has 1 aromatic rings. The quantitative estimate of drug-likeness (QED) is 0.816. The molecule has 1 aliphatic heterocycles. The Balaban J connectivity index is 1.62. The van der Waals surface area contributed by atoms with E-state index in [-0.39, 0.29) is 0 Å². The van der Waals surface area contributed by atoms with Crippen molar-refractivity contribution in [3.63, 3.8) is 0 Å². The number of halogens is 1. The van der Waals surface area contributed by atoms with E-state index in [1.807, 2.05) is 6.07 Å². The maximum Gasteiger partial charge on any atom is 0.0351 e. The molecular weight excluding hydrogens is 278 g/mol. The van der Waals surface area contributed by atoms with Gasteiger partial charge in [0.15, 0.2) is 0 Å². The monoisotopic (exact) mass is 297 g/mol. The summed E-state index contributed by atoms with van der Waals surface area (Å²) in [6, 6.07) is 8.33. The highest BCUT2D eigenvalue weighted by Crippen LogP contribution is 2.15. The van der Waals surface area contributed by atoms with Crippen LogP contribution in [0.1, 0.15) is 6.42 Å². The van der Waals surface area contributed by atoms with Gasteiger partial charge in [0.2, 0.25) is 0 Å². The molecule has 1 aromatic carbocycles. The Hall–Kier alpha value is -0.580. The van der Waals surface area contributed by atoms with Gasteiger partial charge < -0.3 is 15.5 Å². The fourth-order valence-electron chi connectivity index (χ4n) is 2.07. The number of anilines is 1. The van der Waals surface area contributed by atoms with E-state index in [4.69, 9.17) is 0 Å². The molecule has 1 heterocycles. The number of benzene rings is 1. The summed E-state index contributed by atoms with van der Waals surface area (Å²) in [4.78, 5) is 2.53. The molecule has 0 saturated carbocycles. The first kappa shape index (κ1) is 12.9. The molecule has 0 spiro atoms. The average molecular weight is 298 g/mol. The van der Waals surface area contributed by atoms with Crippen LogP contribution in [-0.2, 0) is 0 Å². The van der Waals surface area contributed by atoms with Gasteiger partial charge in [-0.3, -0.25) is 0 Å². The minimum atomic E-state index is 1.04. The van der Waals surface area contributed by atoms with Gasteiger partial charge in [0, 0.05) is 42.9 Å². The Morgan fingerprint density at radius 2 is 2.12 bits per heavy atom. The molecule has 0 unspecified atom stereocenters. The van der Waals surface area contributed by atoms with E-state index in [1.54, 1.807) is 0 Å². The minimum absolute atomic E-state index is 1.04. The molecule has 0 aromatic heterocycles. The third kappa shape index (κ3) is 4.66. The molecular formula is C13H20BrN3. The number of rotatable bonds is 5. The van der Waals surface area contributed by atoms with Gasteiger partial charge in [-0.25, -0.2) is 0 Å². The van der Waals surface area contributed by atoms with Crippen LogP contribution >= 0.6 is 15.9 Å². The Labute approximate surface area is 112 Å². The molecule has 4 heteroatoms. The summed E-state index contributed by atoms with van der Waals surface area (Å²) in [5, 5.41) is 6.83. The molecule has 17 heavy (non-hydrogen) atoms. The van der Waals surface area contributed by atoms with Gasteiger partial charge >= 0.3 is 0 Å². The molecule has 94 valence electrons. The lowest BCUT2D eigenvalue weighted by atomic mass is 10.3. The van der Waals surface area contributed by atoms with Crippen molar-refractivity contribution < 1.29 is 0 Å². The highest BCUT2D eigenvalue weighted by Gasteiger charge is 2.07. The summed E-state index contributed by atoms with van der Waals surface area (Å²) in [5.74, 6) is 0. The number of piperazine rings is 1. The lowest BCUT2D eigenvalue weighted by Gasteiger charge is -2.27. The molecule has 2 N–H and O–H groups in total. The van der Waals surface area contributed by atoms with E-state index in [9.17, 15) is 0 Å². The maximum absolute atomic E-state index is 3.48. The van der Waals surface area contributed by atoms with Gasteiger partial charge in [-0.1, -0.05) is 22.0 Å². The maximum atomic E-state index is 3.48. The lowest BCUT2D eigenvalue weighted by Crippen LogP contribution is -2.44. The Bertz CT molecular complexity index is 337. The Morgan fingerprint density at radius 3 is 2.88 bits per heavy atom. The standard InChI is InChI=1S/C13H20BrN3/c14-12-3-1-4-13(11-12)16-5-2-8-17-9-6-15-7-10-17/h1,3-4,11,15-16H,2,5-10H2. The third-order valence-corrected chi connectivity index (χ3v) is 3.51. The van der Waals surface area contributed by atoms with Crippen LogP contribution in [0.25, 0.3) is 0 Å². The van der Waals surface area contributed by atoms with Crippen molar-refractivity contribution >= 4 is 21.6 Å². The van der Waals surface area contributed by atoms with Gasteiger partial charge in [-0.15, -0.1) is 0 Å². The van der Waals surface area contributed by atoms with E-state index in [0.29, 0.717) is 0 Å². The zero-order chi connectivity index (χ0) is 11.9. The van der Waals surface area contributed by atoms with Gasteiger partial charge in [-0.05, 0) is 31.2 Å². The fraction of sp³-hybridized carbons (Fsp3) is 0.538. The summed E-state index contributed by atoms with van der Waals surface area (Å²) in [6.45, 7) is 6.90. The number of hydrogen-bond donors (Lipinski definition) is 2. The SMILES string of the molecule is Brc1cccc(NCCCN2CCNCC2)c1. The second-order valence-electron chi connectivity index (χ2n) is 4.38. The van der Waals surface area contributed by atoms with E-state index in [1.165, 1.54) is 31.7 Å². The van der Waals surface area contributed by atoms with E-state index in [2.05, 4.69) is 49.7 Å². The topological polar surface area (TPSA) is 27.3 Å². The fourth-order valence-corrected chi connectivity index (χ4v) is 2.47. The van der Waals surface area contributed by atoms with Crippen LogP contribution in [0.4, 0.5) is 5.69 Å². The van der Waals surface area contributed by atoms with Crippen molar-refractivity contribution in [2.45, 2.75) is 6.42 Å². The summed E-state index contributed by atoms with van der Waals surface area (Å²) < 4.78 is 1.13. The summed E-state index contributed by atoms with van der Waals surface area (Å²) >= 11 is 3.48. The van der Waals surface area contributed by atoms with Gasteiger partial charge in [0.1, 0.15) is 0 Å². The first-order chi connectivity index (χ1) is 8.34. The van der Waals surface area contributed by atoms with E-state index >= 15 is 0 Å². The summed E-state index contributed by atoms with van der Waals surface area (Å²) in [6.07, 6.45) is 1.20. The van der Waals surface area contributed by atoms with Crippen molar-refractivity contribution in [1.29, 1.82) is 0 Å². The Morgan fingerprint density at radius 1 is 1.29 bits per heavy atom. The highest BCUT2D eigenvalue weighted by molar-refractivity contribution is 9.10. The van der Waals surface area contributed by atoms with Crippen LogP contribution in [0.2, 0.25) is 0 Å². The van der Waals surface area contributed by atoms with Crippen molar-refractivity contribution in [1.82, 2.24) is 10.2 Å². The molecule has 0 atom stereocenters. The van der Waals surface area contributed by atoms with Gasteiger partial charge in [0.05, 0.1) is 0 Å². The van der Waals surface area contributed by atoms with E-state index in [0.717, 1.165) is 24.1 Å². The largest absolute Gasteiger partial charge is 0.385 e. The zero-order valence-corrected chi connectivity index (χ0v) is 11.7. The third-order valence-electron chi connectivity index (χ3n) is 3.01. The van der Waals surface area contributed by atoms with Gasteiger partial charge in [-0.2, -0.15) is 0 Å². The average Bonchev–Trinajstić information content (AvgIpc) is 2.36.